The Bertz CT molecular complexity index is 464. The molecule has 0 saturated carbocycles. The van der Waals surface area contributed by atoms with Crippen molar-refractivity contribution < 1.29 is 23.8 Å². The van der Waals surface area contributed by atoms with E-state index in [0.29, 0.717) is 6.54 Å². The molecule has 1 N–H and O–H groups in total. The highest BCUT2D eigenvalue weighted by molar-refractivity contribution is 5.67. The van der Waals surface area contributed by atoms with Crippen LogP contribution in [-0.2, 0) is 20.8 Å². The maximum atomic E-state index is 11.6. The largest absolute Gasteiger partial charge is 0.508 e. The van der Waals surface area contributed by atoms with Crippen LogP contribution in [-0.4, -0.2) is 32.1 Å². The molecule has 108 valence electrons. The highest BCUT2D eigenvalue weighted by Crippen LogP contribution is 2.22. The SMILES string of the molecule is CC1(COC(=O)NCc2ccccc2)COC(=O)OC1. The summed E-state index contributed by atoms with van der Waals surface area (Å²) in [6, 6.07) is 9.53. The molecule has 0 aromatic heterocycles. The predicted molar refractivity (Wildman–Crippen MR) is 70.0 cm³/mol. The van der Waals surface area contributed by atoms with Gasteiger partial charge in [-0.2, -0.15) is 0 Å². The third-order valence-corrected chi connectivity index (χ3v) is 2.91. The van der Waals surface area contributed by atoms with Gasteiger partial charge in [0.1, 0.15) is 19.8 Å². The fourth-order valence-corrected chi connectivity index (χ4v) is 1.69. The van der Waals surface area contributed by atoms with E-state index in [-0.39, 0.29) is 19.8 Å². The minimum absolute atomic E-state index is 0.126. The van der Waals surface area contributed by atoms with Crippen LogP contribution >= 0.6 is 0 Å². The van der Waals surface area contributed by atoms with Gasteiger partial charge in [-0.15, -0.1) is 0 Å². The first-order chi connectivity index (χ1) is 9.57. The molecular weight excluding hydrogens is 262 g/mol. The third-order valence-electron chi connectivity index (χ3n) is 2.91. The van der Waals surface area contributed by atoms with Gasteiger partial charge in [0.25, 0.3) is 0 Å². The van der Waals surface area contributed by atoms with Gasteiger partial charge >= 0.3 is 12.2 Å². The Morgan fingerprint density at radius 1 is 1.30 bits per heavy atom. The van der Waals surface area contributed by atoms with Crippen LogP contribution in [0.3, 0.4) is 0 Å². The maximum Gasteiger partial charge on any atom is 0.508 e. The molecule has 1 aromatic carbocycles. The van der Waals surface area contributed by atoms with Crippen LogP contribution in [0.5, 0.6) is 0 Å². The number of nitrogens with one attached hydrogen (secondary N) is 1. The normalized spacial score (nSPS) is 16.8. The first-order valence-electron chi connectivity index (χ1n) is 6.32. The highest BCUT2D eigenvalue weighted by atomic mass is 16.7. The number of carbonyl (C=O) groups is 2. The summed E-state index contributed by atoms with van der Waals surface area (Å²) in [6.45, 7) is 2.71. The van der Waals surface area contributed by atoms with Crippen molar-refractivity contribution in [3.8, 4) is 0 Å². The number of amides is 1. The molecule has 0 radical (unpaired) electrons. The summed E-state index contributed by atoms with van der Waals surface area (Å²) in [4.78, 5) is 22.4. The van der Waals surface area contributed by atoms with Gasteiger partial charge in [0, 0.05) is 6.54 Å². The molecule has 20 heavy (non-hydrogen) atoms. The molecule has 0 bridgehead atoms. The van der Waals surface area contributed by atoms with Crippen LogP contribution in [0.2, 0.25) is 0 Å². The second kappa shape index (κ2) is 6.27. The van der Waals surface area contributed by atoms with Crippen molar-refractivity contribution in [2.24, 2.45) is 5.41 Å². The van der Waals surface area contributed by atoms with Crippen molar-refractivity contribution in [2.75, 3.05) is 19.8 Å². The Labute approximate surface area is 117 Å². The van der Waals surface area contributed by atoms with E-state index >= 15 is 0 Å². The van der Waals surface area contributed by atoms with E-state index in [0.717, 1.165) is 5.56 Å². The van der Waals surface area contributed by atoms with E-state index in [1.54, 1.807) is 0 Å². The smallest absolute Gasteiger partial charge is 0.449 e. The summed E-state index contributed by atoms with van der Waals surface area (Å²) in [5.74, 6) is 0. The minimum atomic E-state index is -0.684. The number of rotatable bonds is 4. The lowest BCUT2D eigenvalue weighted by molar-refractivity contribution is -0.0732. The first kappa shape index (κ1) is 14.2. The Morgan fingerprint density at radius 3 is 2.60 bits per heavy atom. The molecular formula is C14H17NO5. The summed E-state index contributed by atoms with van der Waals surface area (Å²) < 4.78 is 14.7. The quantitative estimate of drug-likeness (QED) is 0.854. The average Bonchev–Trinajstić information content (AvgIpc) is 2.48. The van der Waals surface area contributed by atoms with Crippen LogP contribution in [0.25, 0.3) is 0 Å². The number of ether oxygens (including phenoxy) is 3. The van der Waals surface area contributed by atoms with Crippen molar-refractivity contribution in [3.05, 3.63) is 35.9 Å². The van der Waals surface area contributed by atoms with Crippen LogP contribution in [0.1, 0.15) is 12.5 Å². The second-order valence-corrected chi connectivity index (χ2v) is 5.05. The first-order valence-corrected chi connectivity index (χ1v) is 6.32. The zero-order chi connectivity index (χ0) is 14.4. The lowest BCUT2D eigenvalue weighted by Gasteiger charge is -2.31. The molecule has 2 rings (SSSR count). The third kappa shape index (κ3) is 4.15. The van der Waals surface area contributed by atoms with Crippen LogP contribution in [0, 0.1) is 5.41 Å². The van der Waals surface area contributed by atoms with Gasteiger partial charge in [-0.25, -0.2) is 9.59 Å². The van der Waals surface area contributed by atoms with E-state index in [1.807, 2.05) is 37.3 Å². The van der Waals surface area contributed by atoms with Crippen LogP contribution in [0.15, 0.2) is 30.3 Å². The fraction of sp³-hybridized carbons (Fsp3) is 0.429. The zero-order valence-corrected chi connectivity index (χ0v) is 11.3. The summed E-state index contributed by atoms with van der Waals surface area (Å²) in [6.07, 6.45) is -1.19. The Kier molecular flexibility index (Phi) is 4.45. The van der Waals surface area contributed by atoms with Gasteiger partial charge in [-0.05, 0) is 12.5 Å². The van der Waals surface area contributed by atoms with Crippen molar-refractivity contribution in [1.82, 2.24) is 5.32 Å². The Hall–Kier alpha value is -2.24. The molecule has 1 amide bonds. The summed E-state index contributed by atoms with van der Waals surface area (Å²) >= 11 is 0. The molecule has 0 atom stereocenters. The molecule has 1 aromatic rings. The monoisotopic (exact) mass is 279 g/mol. The second-order valence-electron chi connectivity index (χ2n) is 5.05. The molecule has 0 spiro atoms. The molecule has 6 heteroatoms. The average molecular weight is 279 g/mol. The van der Waals surface area contributed by atoms with E-state index in [4.69, 9.17) is 14.2 Å². The van der Waals surface area contributed by atoms with E-state index in [1.165, 1.54) is 0 Å². The van der Waals surface area contributed by atoms with Gasteiger partial charge in [0.2, 0.25) is 0 Å². The van der Waals surface area contributed by atoms with Crippen LogP contribution in [0.4, 0.5) is 9.59 Å². The molecule has 1 aliphatic heterocycles. The van der Waals surface area contributed by atoms with Crippen molar-refractivity contribution in [1.29, 1.82) is 0 Å². The lowest BCUT2D eigenvalue weighted by Crippen LogP contribution is -2.42. The van der Waals surface area contributed by atoms with E-state index < -0.39 is 17.7 Å². The van der Waals surface area contributed by atoms with Crippen LogP contribution < -0.4 is 5.32 Å². The molecule has 1 fully saturated rings. The van der Waals surface area contributed by atoms with Crippen molar-refractivity contribution >= 4 is 12.2 Å². The minimum Gasteiger partial charge on any atom is -0.449 e. The van der Waals surface area contributed by atoms with Gasteiger partial charge in [0.05, 0.1) is 5.41 Å². The number of hydrogen-bond acceptors (Lipinski definition) is 5. The standard InChI is InChI=1S/C14H17NO5/c1-14(9-19-13(17)20-10-14)8-18-12(16)15-7-11-5-3-2-4-6-11/h2-6H,7-10H2,1H3,(H,15,16). The fourth-order valence-electron chi connectivity index (χ4n) is 1.69. The summed E-state index contributed by atoms with van der Waals surface area (Å²) in [5.41, 5.74) is 0.489. The number of cyclic esters (lactones) is 2. The Morgan fingerprint density at radius 2 is 1.95 bits per heavy atom. The molecule has 0 aliphatic carbocycles. The number of benzene rings is 1. The van der Waals surface area contributed by atoms with E-state index in [9.17, 15) is 9.59 Å². The zero-order valence-electron chi connectivity index (χ0n) is 11.3. The molecule has 1 aliphatic rings. The topological polar surface area (TPSA) is 73.9 Å². The van der Waals surface area contributed by atoms with E-state index in [2.05, 4.69) is 5.32 Å². The maximum absolute atomic E-state index is 11.6. The predicted octanol–water partition coefficient (Wildman–Crippen LogP) is 2.09. The molecule has 1 heterocycles. The highest BCUT2D eigenvalue weighted by Gasteiger charge is 2.34. The summed E-state index contributed by atoms with van der Waals surface area (Å²) in [5, 5.41) is 2.65. The summed E-state index contributed by atoms with van der Waals surface area (Å²) in [7, 11) is 0. The number of alkyl carbamates (subject to hydrolysis) is 1. The van der Waals surface area contributed by atoms with Gasteiger partial charge in [-0.1, -0.05) is 30.3 Å². The lowest BCUT2D eigenvalue weighted by atomic mass is 9.94. The number of carbonyl (C=O) groups excluding carboxylic acids is 2. The number of hydrogen-bond donors (Lipinski definition) is 1. The van der Waals surface area contributed by atoms with Gasteiger partial charge in [0.15, 0.2) is 0 Å². The molecule has 1 saturated heterocycles. The van der Waals surface area contributed by atoms with Gasteiger partial charge < -0.3 is 19.5 Å². The molecule has 0 unspecified atom stereocenters. The molecule has 6 nitrogen and oxygen atoms in total. The van der Waals surface area contributed by atoms with Gasteiger partial charge in [-0.3, -0.25) is 0 Å². The Balaban J connectivity index is 1.71. The van der Waals surface area contributed by atoms with Crippen molar-refractivity contribution in [3.63, 3.8) is 0 Å². The van der Waals surface area contributed by atoms with Crippen molar-refractivity contribution in [2.45, 2.75) is 13.5 Å².